The van der Waals surface area contributed by atoms with Crippen LogP contribution in [-0.4, -0.2) is 17.0 Å². The van der Waals surface area contributed by atoms with E-state index in [1.165, 1.54) is 16.7 Å². The molecule has 1 saturated carbocycles. The van der Waals surface area contributed by atoms with Gasteiger partial charge in [-0.1, -0.05) is 97.0 Å². The summed E-state index contributed by atoms with van der Waals surface area (Å²) in [4.78, 5) is 13.9. The molecule has 1 atom stereocenters. The Kier molecular flexibility index (Phi) is 8.81. The summed E-state index contributed by atoms with van der Waals surface area (Å²) >= 11 is 0. The number of carbonyl (C=O) groups is 1. The summed E-state index contributed by atoms with van der Waals surface area (Å²) in [6.07, 6.45) is 7.70. The second kappa shape index (κ2) is 11.2. The number of allylic oxidation sites excluding steroid dienone is 1. The predicted octanol–water partition coefficient (Wildman–Crippen LogP) is 8.52. The Morgan fingerprint density at radius 2 is 1.43 bits per heavy atom. The third-order valence-electron chi connectivity index (χ3n) is 8.60. The zero-order valence-electron chi connectivity index (χ0n) is 23.0. The summed E-state index contributed by atoms with van der Waals surface area (Å²) in [7, 11) is 0. The van der Waals surface area contributed by atoms with Crippen molar-refractivity contribution >= 4 is 11.9 Å². The molecule has 0 aromatic heterocycles. The number of carbonyl (C=O) groups excluding carboxylic acids is 1. The quantitative estimate of drug-likeness (QED) is 0.370. The van der Waals surface area contributed by atoms with Gasteiger partial charge in [-0.3, -0.25) is 4.79 Å². The molecule has 0 saturated heterocycles. The van der Waals surface area contributed by atoms with Gasteiger partial charge in [-0.15, -0.1) is 0 Å². The maximum absolute atomic E-state index is 13.9. The Morgan fingerprint density at radius 3 is 1.94 bits per heavy atom. The first-order valence-corrected chi connectivity index (χ1v) is 13.7. The fraction of sp³-hybridized carbons (Fsp3) is 0.545. The van der Waals surface area contributed by atoms with Crippen LogP contribution in [0.1, 0.15) is 91.7 Å². The third kappa shape index (κ3) is 5.97. The highest BCUT2D eigenvalue weighted by atomic mass is 16.3. The molecule has 1 aliphatic carbocycles. The van der Waals surface area contributed by atoms with E-state index >= 15 is 0 Å². The maximum atomic E-state index is 13.9. The van der Waals surface area contributed by atoms with E-state index in [1.54, 1.807) is 0 Å². The second-order valence-corrected chi connectivity index (χ2v) is 11.9. The fourth-order valence-corrected chi connectivity index (χ4v) is 5.90. The molecule has 0 bridgehead atoms. The highest BCUT2D eigenvalue weighted by Gasteiger charge is 2.51. The van der Waals surface area contributed by atoms with E-state index in [2.05, 4.69) is 96.1 Å². The van der Waals surface area contributed by atoms with Crippen molar-refractivity contribution in [3.05, 3.63) is 65.2 Å². The molecule has 1 N–H and O–H groups in total. The highest BCUT2D eigenvalue weighted by Crippen LogP contribution is 2.53. The Bertz CT molecular complexity index is 998. The van der Waals surface area contributed by atoms with E-state index in [-0.39, 0.29) is 16.9 Å². The van der Waals surface area contributed by atoms with Gasteiger partial charge >= 0.3 is 0 Å². The smallest absolute Gasteiger partial charge is 0.166 e. The number of aliphatic hydroxyl groups excluding tert-OH is 1. The molecule has 190 valence electrons. The summed E-state index contributed by atoms with van der Waals surface area (Å²) in [5.41, 5.74) is 5.41. The average molecular weight is 475 g/mol. The predicted molar refractivity (Wildman–Crippen MR) is 149 cm³/mol. The van der Waals surface area contributed by atoms with Crippen LogP contribution in [0, 0.1) is 22.7 Å². The molecule has 0 amide bonds. The lowest BCUT2D eigenvalue weighted by Crippen LogP contribution is -2.48. The van der Waals surface area contributed by atoms with Crippen LogP contribution in [0.4, 0.5) is 0 Å². The normalized spacial score (nSPS) is 19.5. The number of rotatable bonds is 9. The molecule has 0 aliphatic heterocycles. The van der Waals surface area contributed by atoms with Gasteiger partial charge in [0.25, 0.3) is 0 Å². The number of aliphatic hydroxyl groups is 1. The van der Waals surface area contributed by atoms with Gasteiger partial charge in [-0.05, 0) is 84.1 Å². The first kappa shape index (κ1) is 27.4. The Hall–Kier alpha value is -2.19. The number of benzene rings is 2. The first-order valence-electron chi connectivity index (χ1n) is 13.7. The van der Waals surface area contributed by atoms with E-state index in [0.29, 0.717) is 17.6 Å². The van der Waals surface area contributed by atoms with Crippen molar-refractivity contribution in [1.29, 1.82) is 0 Å². The fourth-order valence-electron chi connectivity index (χ4n) is 5.90. The highest BCUT2D eigenvalue weighted by molar-refractivity contribution is 6.05. The van der Waals surface area contributed by atoms with Crippen LogP contribution in [0.15, 0.2) is 54.1 Å². The summed E-state index contributed by atoms with van der Waals surface area (Å²) in [6, 6.07) is 17.4. The Balaban J connectivity index is 1.79. The van der Waals surface area contributed by atoms with Crippen molar-refractivity contribution in [2.75, 3.05) is 0 Å². The Labute approximate surface area is 213 Å². The van der Waals surface area contributed by atoms with Crippen LogP contribution in [0.25, 0.3) is 17.2 Å². The van der Waals surface area contributed by atoms with Gasteiger partial charge in [0, 0.05) is 11.0 Å². The minimum atomic E-state index is -0.266. The molecule has 0 spiro atoms. The maximum Gasteiger partial charge on any atom is 0.166 e. The van der Waals surface area contributed by atoms with E-state index in [0.717, 1.165) is 49.7 Å². The van der Waals surface area contributed by atoms with Crippen LogP contribution in [0.5, 0.6) is 0 Å². The van der Waals surface area contributed by atoms with Crippen molar-refractivity contribution in [2.45, 2.75) is 93.1 Å². The van der Waals surface area contributed by atoms with Gasteiger partial charge in [0.2, 0.25) is 0 Å². The third-order valence-corrected chi connectivity index (χ3v) is 8.60. The molecular formula is C33H46O2. The lowest BCUT2D eigenvalue weighted by molar-refractivity contribution is -0.135. The first-order chi connectivity index (χ1) is 16.5. The van der Waals surface area contributed by atoms with Crippen molar-refractivity contribution < 1.29 is 9.90 Å². The molecule has 1 aliphatic rings. The van der Waals surface area contributed by atoms with E-state index < -0.39 is 0 Å². The minimum Gasteiger partial charge on any atom is -0.393 e. The molecule has 0 heterocycles. The van der Waals surface area contributed by atoms with Gasteiger partial charge in [0.15, 0.2) is 5.78 Å². The summed E-state index contributed by atoms with van der Waals surface area (Å²) in [5.74, 6) is 1.01. The lowest BCUT2D eigenvalue weighted by atomic mass is 9.53. The average Bonchev–Trinajstić information content (AvgIpc) is 2.82. The van der Waals surface area contributed by atoms with Gasteiger partial charge < -0.3 is 5.11 Å². The minimum absolute atomic E-state index is 0.105. The van der Waals surface area contributed by atoms with Crippen molar-refractivity contribution in [1.82, 2.24) is 0 Å². The summed E-state index contributed by atoms with van der Waals surface area (Å²) in [5, 5.41) is 9.75. The number of ketones is 1. The lowest BCUT2D eigenvalue weighted by Gasteiger charge is -2.49. The van der Waals surface area contributed by atoms with Gasteiger partial charge in [0.05, 0.1) is 6.10 Å². The molecule has 0 radical (unpaired) electrons. The van der Waals surface area contributed by atoms with Gasteiger partial charge in [-0.2, -0.15) is 0 Å². The van der Waals surface area contributed by atoms with Crippen LogP contribution in [0.3, 0.4) is 0 Å². The van der Waals surface area contributed by atoms with Gasteiger partial charge in [-0.25, -0.2) is 0 Å². The number of Topliss-reactive ketones (excluding diaryl/α,β-unsaturated/α-hetero) is 1. The molecule has 1 unspecified atom stereocenters. The molecule has 2 aromatic carbocycles. The Morgan fingerprint density at radius 1 is 0.886 bits per heavy atom. The van der Waals surface area contributed by atoms with Crippen molar-refractivity contribution in [3.63, 3.8) is 0 Å². The van der Waals surface area contributed by atoms with E-state index in [9.17, 15) is 9.90 Å². The van der Waals surface area contributed by atoms with Crippen molar-refractivity contribution in [3.8, 4) is 11.1 Å². The van der Waals surface area contributed by atoms with Gasteiger partial charge in [0.1, 0.15) is 0 Å². The topological polar surface area (TPSA) is 37.3 Å². The van der Waals surface area contributed by atoms with Crippen LogP contribution in [-0.2, 0) is 11.2 Å². The number of hydrogen-bond acceptors (Lipinski definition) is 2. The van der Waals surface area contributed by atoms with Crippen LogP contribution >= 0.6 is 0 Å². The van der Waals surface area contributed by atoms with E-state index in [4.69, 9.17) is 0 Å². The molecule has 2 nitrogen and oxygen atoms in total. The molecule has 1 fully saturated rings. The number of hydrogen-bond donors (Lipinski definition) is 1. The molecule has 3 rings (SSSR count). The molecular weight excluding hydrogens is 428 g/mol. The number of aryl methyl sites for hydroxylation is 1. The van der Waals surface area contributed by atoms with Crippen LogP contribution < -0.4 is 0 Å². The monoisotopic (exact) mass is 474 g/mol. The van der Waals surface area contributed by atoms with Crippen LogP contribution in [0.2, 0.25) is 0 Å². The molecule has 2 aromatic rings. The zero-order valence-corrected chi connectivity index (χ0v) is 23.0. The molecule has 2 heteroatoms. The van der Waals surface area contributed by atoms with E-state index in [1.807, 2.05) is 6.92 Å². The zero-order chi connectivity index (χ0) is 25.8. The largest absolute Gasteiger partial charge is 0.393 e. The molecule has 35 heavy (non-hydrogen) atoms. The standard InChI is InChI=1S/C33H46O2/c1-8-29(34)11-9-10-25-12-16-27(17-13-25)28-18-14-26(15-19-28)22-30-31(35)33(23(2)3,24(4)5)21-20-32(30,6)7/h12-19,22-24,29,34H,8-11,20-21H2,1-7H3/b30-22+. The van der Waals surface area contributed by atoms with Crippen molar-refractivity contribution in [2.24, 2.45) is 22.7 Å². The summed E-state index contributed by atoms with van der Waals surface area (Å²) < 4.78 is 0. The summed E-state index contributed by atoms with van der Waals surface area (Å²) in [6.45, 7) is 15.3. The SMILES string of the molecule is CCC(O)CCCc1ccc(-c2ccc(/C=C3\C(=O)C(C(C)C)(C(C)C)CCC3(C)C)cc2)cc1. The second-order valence-electron chi connectivity index (χ2n) is 11.9.